The van der Waals surface area contributed by atoms with Gasteiger partial charge in [-0.25, -0.2) is 0 Å². The number of amides is 1. The number of halogens is 1. The maximum Gasteiger partial charge on any atom is 0.219 e. The fraction of sp³-hybridized carbons (Fsp3) is 0.545. The minimum atomic E-state index is 0.116. The number of anilines is 2. The van der Waals surface area contributed by atoms with Crippen LogP contribution in [0.15, 0.2) is 18.2 Å². The summed E-state index contributed by atoms with van der Waals surface area (Å²) in [7, 11) is 0. The van der Waals surface area contributed by atoms with Crippen molar-refractivity contribution in [3.63, 3.8) is 0 Å². The maximum absolute atomic E-state index is 11.7. The van der Waals surface area contributed by atoms with E-state index in [1.807, 2.05) is 17.0 Å². The number of hydrogen-bond donors (Lipinski definition) is 1. The average Bonchev–Trinajstić information content (AvgIpc) is 3.37. The van der Waals surface area contributed by atoms with E-state index in [2.05, 4.69) is 28.1 Å². The third-order valence-electron chi connectivity index (χ3n) is 5.96. The molecule has 3 aliphatic rings. The monoisotopic (exact) mass is 416 g/mol. The molecule has 0 unspecified atom stereocenters. The molecule has 1 aromatic heterocycles. The Labute approximate surface area is 177 Å². The van der Waals surface area contributed by atoms with Gasteiger partial charge < -0.3 is 14.5 Å². The fourth-order valence-corrected chi connectivity index (χ4v) is 4.49. The molecule has 1 atom stereocenters. The summed E-state index contributed by atoms with van der Waals surface area (Å²) in [5, 5.41) is 8.55. The lowest BCUT2D eigenvalue weighted by Gasteiger charge is -2.32. The molecule has 1 saturated heterocycles. The van der Waals surface area contributed by atoms with Gasteiger partial charge in [0.15, 0.2) is 5.82 Å². The van der Waals surface area contributed by atoms with Crippen molar-refractivity contribution in [2.75, 3.05) is 31.2 Å². The molecule has 5 rings (SSSR count). The van der Waals surface area contributed by atoms with Crippen LogP contribution in [0.1, 0.15) is 43.5 Å². The first-order valence-corrected chi connectivity index (χ1v) is 10.9. The molecule has 2 aromatic rings. The van der Waals surface area contributed by atoms with E-state index in [1.165, 1.54) is 12.0 Å². The summed E-state index contributed by atoms with van der Waals surface area (Å²) in [5.41, 5.74) is 4.61. The third-order valence-corrected chi connectivity index (χ3v) is 6.32. The number of carbonyl (C=O) groups is 1. The highest BCUT2D eigenvalue weighted by atomic mass is 35.5. The Morgan fingerprint density at radius 3 is 2.83 bits per heavy atom. The number of carbonyl (C=O) groups excluding carboxylic acids is 1. The van der Waals surface area contributed by atoms with Crippen molar-refractivity contribution in [2.45, 2.75) is 46.1 Å². The second kappa shape index (κ2) is 8.76. The number of benzene rings is 1. The highest BCUT2D eigenvalue weighted by Gasteiger charge is 2.29. The molecule has 7 heteroatoms. The number of aromatic nitrogens is 2. The summed E-state index contributed by atoms with van der Waals surface area (Å²) in [4.78, 5) is 15.8. The number of nitrogens with zero attached hydrogens (tertiary/aromatic N) is 3. The van der Waals surface area contributed by atoms with Gasteiger partial charge in [0.05, 0.1) is 6.54 Å². The molecular weight excluding hydrogens is 388 g/mol. The van der Waals surface area contributed by atoms with Crippen molar-refractivity contribution in [3.8, 4) is 0 Å². The molecule has 1 N–H and O–H groups in total. The van der Waals surface area contributed by atoms with Crippen molar-refractivity contribution in [2.24, 2.45) is 5.92 Å². The van der Waals surface area contributed by atoms with Gasteiger partial charge >= 0.3 is 0 Å². The minimum absolute atomic E-state index is 0.116. The molecular formula is C22H29ClN4O2. The second-order valence-corrected chi connectivity index (χ2v) is 8.56. The predicted octanol–water partition coefficient (Wildman–Crippen LogP) is 4.09. The van der Waals surface area contributed by atoms with E-state index in [0.29, 0.717) is 6.54 Å². The van der Waals surface area contributed by atoms with Gasteiger partial charge in [0, 0.05) is 61.6 Å². The number of nitrogens with one attached hydrogen (secondary N) is 1. The number of hydrogen-bond acceptors (Lipinski definition) is 4. The number of rotatable bonds is 1. The van der Waals surface area contributed by atoms with E-state index in [4.69, 9.17) is 16.3 Å². The largest absolute Gasteiger partial charge is 0.381 e. The van der Waals surface area contributed by atoms with E-state index >= 15 is 0 Å². The van der Waals surface area contributed by atoms with Crippen LogP contribution < -0.4 is 4.90 Å². The molecule has 0 spiro atoms. The molecule has 29 heavy (non-hydrogen) atoms. The summed E-state index contributed by atoms with van der Waals surface area (Å²) in [6.07, 6.45) is 4.14. The highest BCUT2D eigenvalue weighted by Crippen LogP contribution is 2.39. The number of H-pyrrole nitrogens is 1. The van der Waals surface area contributed by atoms with Crippen molar-refractivity contribution in [1.29, 1.82) is 0 Å². The van der Waals surface area contributed by atoms with Crippen LogP contribution in [0, 0.1) is 5.92 Å². The maximum atomic E-state index is 11.7. The molecule has 1 amide bonds. The smallest absolute Gasteiger partial charge is 0.219 e. The lowest BCUT2D eigenvalue weighted by atomic mass is 10.00. The van der Waals surface area contributed by atoms with Gasteiger partial charge in [-0.15, -0.1) is 0 Å². The van der Waals surface area contributed by atoms with E-state index in [-0.39, 0.29) is 5.91 Å². The van der Waals surface area contributed by atoms with Gasteiger partial charge in [0.1, 0.15) is 0 Å². The zero-order valence-electron chi connectivity index (χ0n) is 17.2. The third kappa shape index (κ3) is 4.28. The van der Waals surface area contributed by atoms with E-state index < -0.39 is 0 Å². The van der Waals surface area contributed by atoms with Crippen LogP contribution in [0.2, 0.25) is 5.02 Å². The van der Waals surface area contributed by atoms with Gasteiger partial charge in [-0.3, -0.25) is 9.89 Å². The molecule has 0 radical (unpaired) electrons. The Morgan fingerprint density at radius 1 is 1.28 bits per heavy atom. The molecule has 6 nitrogen and oxygen atoms in total. The van der Waals surface area contributed by atoms with Crippen LogP contribution in [-0.4, -0.2) is 47.3 Å². The topological polar surface area (TPSA) is 61.5 Å². The Morgan fingerprint density at radius 2 is 2.14 bits per heavy atom. The van der Waals surface area contributed by atoms with Crippen molar-refractivity contribution in [3.05, 3.63) is 40.0 Å². The van der Waals surface area contributed by atoms with E-state index in [9.17, 15) is 4.79 Å². The van der Waals surface area contributed by atoms with Gasteiger partial charge in [-0.1, -0.05) is 24.6 Å². The van der Waals surface area contributed by atoms with E-state index in [1.54, 1.807) is 6.92 Å². The first kappa shape index (κ1) is 20.2. The van der Waals surface area contributed by atoms with Gasteiger partial charge in [0.25, 0.3) is 0 Å². The Balaban J connectivity index is 0.000000294. The number of fused-ring (bicyclic) bond motifs is 2. The van der Waals surface area contributed by atoms with Crippen LogP contribution in [0.25, 0.3) is 0 Å². The molecule has 156 valence electrons. The minimum Gasteiger partial charge on any atom is -0.381 e. The molecule has 3 aliphatic heterocycles. The Kier molecular flexibility index (Phi) is 6.11. The Hall–Kier alpha value is -2.05. The fourth-order valence-electron chi connectivity index (χ4n) is 4.23. The van der Waals surface area contributed by atoms with Crippen molar-refractivity contribution in [1.82, 2.24) is 15.1 Å². The molecule has 1 aromatic carbocycles. The standard InChI is InChI=1S/C17H19ClN4O.C5H10O/c1-11(23)21-9-7-15-13(10-21)17(20-19-15)22-8-3-4-12-14(18)5-2-6-16(12)22;1-5-2-3-6-4-5/h2,5-6H,3-4,7-10H2,1H3,(H,19,20);5H,2-4H2,1H3/t;5-/m.0/s1. The lowest BCUT2D eigenvalue weighted by molar-refractivity contribution is -0.129. The van der Waals surface area contributed by atoms with Crippen molar-refractivity contribution < 1.29 is 9.53 Å². The van der Waals surface area contributed by atoms with Gasteiger partial charge in [-0.2, -0.15) is 5.10 Å². The molecule has 4 heterocycles. The normalized spacial score (nSPS) is 20.6. The second-order valence-electron chi connectivity index (χ2n) is 8.16. The van der Waals surface area contributed by atoms with Crippen LogP contribution >= 0.6 is 11.6 Å². The summed E-state index contributed by atoms with van der Waals surface area (Å²) in [5.74, 6) is 1.88. The van der Waals surface area contributed by atoms with Gasteiger partial charge in [0.2, 0.25) is 5.91 Å². The SMILES string of the molecule is CC(=O)N1CCc2[nH]nc(N3CCCc4c(Cl)cccc43)c2C1.C[C@H]1CCOC1. The first-order chi connectivity index (χ1) is 14.0. The summed E-state index contributed by atoms with van der Waals surface area (Å²) >= 11 is 6.37. The number of aromatic amines is 1. The first-order valence-electron chi connectivity index (χ1n) is 10.5. The molecule has 0 aliphatic carbocycles. The predicted molar refractivity (Wildman–Crippen MR) is 115 cm³/mol. The summed E-state index contributed by atoms with van der Waals surface area (Å²) in [6, 6.07) is 6.04. The molecule has 0 saturated carbocycles. The average molecular weight is 417 g/mol. The molecule has 0 bridgehead atoms. The van der Waals surface area contributed by atoms with Crippen LogP contribution in [0.5, 0.6) is 0 Å². The van der Waals surface area contributed by atoms with E-state index in [0.717, 1.165) is 79.3 Å². The number of ether oxygens (including phenoxy) is 1. The zero-order valence-corrected chi connectivity index (χ0v) is 18.0. The quantitative estimate of drug-likeness (QED) is 0.760. The van der Waals surface area contributed by atoms with Crippen molar-refractivity contribution >= 4 is 29.0 Å². The lowest BCUT2D eigenvalue weighted by Crippen LogP contribution is -2.35. The summed E-state index contributed by atoms with van der Waals surface area (Å²) in [6.45, 7) is 8.12. The van der Waals surface area contributed by atoms with Gasteiger partial charge in [-0.05, 0) is 42.9 Å². The zero-order chi connectivity index (χ0) is 20.4. The van der Waals surface area contributed by atoms with Crippen LogP contribution in [0.3, 0.4) is 0 Å². The Bertz CT molecular complexity index is 876. The molecule has 1 fully saturated rings. The van der Waals surface area contributed by atoms with Crippen LogP contribution in [0.4, 0.5) is 11.5 Å². The summed E-state index contributed by atoms with van der Waals surface area (Å²) < 4.78 is 5.06. The highest BCUT2D eigenvalue weighted by molar-refractivity contribution is 6.31. The van der Waals surface area contributed by atoms with Crippen LogP contribution in [-0.2, 0) is 28.9 Å².